The maximum atomic E-state index is 12.0. The van der Waals surface area contributed by atoms with Gasteiger partial charge in [-0.2, -0.15) is 13.2 Å². The lowest BCUT2D eigenvalue weighted by molar-refractivity contribution is -0.105. The Labute approximate surface area is 73.5 Å². The molecule has 5 heteroatoms. The molecule has 0 unspecified atom stereocenters. The van der Waals surface area contributed by atoms with Crippen LogP contribution in [0.2, 0.25) is 0 Å². The molecule has 0 saturated heterocycles. The Bertz CT molecular complexity index is 263. The van der Waals surface area contributed by atoms with E-state index in [1.165, 1.54) is 6.92 Å². The molecule has 13 heavy (non-hydrogen) atoms. The fraction of sp³-hybridized carbons (Fsp3) is 0.250. The first-order chi connectivity index (χ1) is 5.91. The normalized spacial score (nSPS) is 13.4. The van der Waals surface area contributed by atoms with Crippen molar-refractivity contribution in [3.8, 4) is 0 Å². The van der Waals surface area contributed by atoms with Gasteiger partial charge in [0.2, 0.25) is 0 Å². The summed E-state index contributed by atoms with van der Waals surface area (Å²) in [6.45, 7) is 4.34. The Morgan fingerprint density at radius 3 is 2.31 bits per heavy atom. The Kier molecular flexibility index (Phi) is 4.10. The first-order valence-corrected chi connectivity index (χ1v) is 3.33. The third kappa shape index (κ3) is 4.25. The molecule has 2 nitrogen and oxygen atoms in total. The van der Waals surface area contributed by atoms with Crippen molar-refractivity contribution in [2.45, 2.75) is 13.1 Å². The molecule has 0 saturated carbocycles. The Morgan fingerprint density at radius 1 is 1.46 bits per heavy atom. The summed E-state index contributed by atoms with van der Waals surface area (Å²) in [6, 6.07) is 0. The van der Waals surface area contributed by atoms with Crippen molar-refractivity contribution < 1.29 is 18.0 Å². The van der Waals surface area contributed by atoms with Crippen LogP contribution >= 0.6 is 0 Å². The molecular weight excluding hydrogens is 183 g/mol. The van der Waals surface area contributed by atoms with Crippen LogP contribution in [-0.4, -0.2) is 18.7 Å². The van der Waals surface area contributed by atoms with Gasteiger partial charge in [-0.05, 0) is 6.92 Å². The lowest BCUT2D eigenvalue weighted by Crippen LogP contribution is -2.12. The minimum atomic E-state index is -4.44. The van der Waals surface area contributed by atoms with Crippen molar-refractivity contribution in [3.05, 3.63) is 23.9 Å². The molecule has 0 aliphatic rings. The van der Waals surface area contributed by atoms with Gasteiger partial charge in [0.25, 0.3) is 0 Å². The first-order valence-electron chi connectivity index (χ1n) is 3.33. The highest BCUT2D eigenvalue weighted by Gasteiger charge is 2.31. The zero-order valence-corrected chi connectivity index (χ0v) is 6.93. The third-order valence-electron chi connectivity index (χ3n) is 1.14. The predicted molar refractivity (Wildman–Crippen MR) is 43.5 cm³/mol. The van der Waals surface area contributed by atoms with E-state index in [2.05, 4.69) is 11.6 Å². The van der Waals surface area contributed by atoms with Gasteiger partial charge < -0.3 is 0 Å². The number of halogens is 3. The topological polar surface area (TPSA) is 29.4 Å². The number of nitrogens with zero attached hydrogens (tertiary/aromatic N) is 1. The Hall–Kier alpha value is -1.39. The molecule has 0 aliphatic heterocycles. The average molecular weight is 191 g/mol. The van der Waals surface area contributed by atoms with Crippen molar-refractivity contribution in [2.24, 2.45) is 4.99 Å². The van der Waals surface area contributed by atoms with Crippen molar-refractivity contribution in [2.75, 3.05) is 0 Å². The lowest BCUT2D eigenvalue weighted by atomic mass is 10.3. The second-order valence-corrected chi connectivity index (χ2v) is 2.11. The van der Waals surface area contributed by atoms with Crippen LogP contribution in [0.25, 0.3) is 0 Å². The molecule has 0 N–H and O–H groups in total. The molecule has 72 valence electrons. The zero-order valence-electron chi connectivity index (χ0n) is 6.93. The first kappa shape index (κ1) is 11.6. The quantitative estimate of drug-likeness (QED) is 0.382. The number of aliphatic imine (C=N–C) groups is 1. The molecule has 0 aromatic heterocycles. The fourth-order valence-corrected chi connectivity index (χ4v) is 0.494. The molecule has 0 aliphatic carbocycles. The maximum Gasteiger partial charge on any atom is 0.417 e. The van der Waals surface area contributed by atoms with E-state index in [1.807, 2.05) is 0 Å². The standard InChI is InChI=1S/C8H8F3NO/c1-3-7(8(9,10)11)4-12-6(2)5-13/h3-5H,2H2,1H3/b7-3+,12-4?. The second-order valence-electron chi connectivity index (χ2n) is 2.11. The number of hydrogen-bond donors (Lipinski definition) is 0. The molecular formula is C8H8F3NO. The summed E-state index contributed by atoms with van der Waals surface area (Å²) >= 11 is 0. The molecule has 0 fully saturated rings. The SMILES string of the molecule is C=C(C=O)N=C/C(=C\C)C(F)(F)F. The number of carbonyl (C=O) groups excluding carboxylic acids is 1. The summed E-state index contributed by atoms with van der Waals surface area (Å²) in [5, 5.41) is 0. The molecule has 0 heterocycles. The van der Waals surface area contributed by atoms with Crippen LogP contribution in [-0.2, 0) is 4.79 Å². The summed E-state index contributed by atoms with van der Waals surface area (Å²) in [4.78, 5) is 13.1. The van der Waals surface area contributed by atoms with Crippen LogP contribution in [0, 0.1) is 0 Å². The van der Waals surface area contributed by atoms with Crippen molar-refractivity contribution in [1.29, 1.82) is 0 Å². The van der Waals surface area contributed by atoms with E-state index in [9.17, 15) is 18.0 Å². The molecule has 0 rings (SSSR count). The van der Waals surface area contributed by atoms with Crippen LogP contribution in [0.4, 0.5) is 13.2 Å². The lowest BCUT2D eigenvalue weighted by Gasteiger charge is -2.04. The third-order valence-corrected chi connectivity index (χ3v) is 1.14. The van der Waals surface area contributed by atoms with E-state index in [-0.39, 0.29) is 12.0 Å². The van der Waals surface area contributed by atoms with Gasteiger partial charge in [-0.25, -0.2) is 0 Å². The molecule has 0 atom stereocenters. The molecule has 0 bridgehead atoms. The smallest absolute Gasteiger partial charge is 0.296 e. The highest BCUT2D eigenvalue weighted by Crippen LogP contribution is 2.23. The van der Waals surface area contributed by atoms with Gasteiger partial charge in [-0.3, -0.25) is 9.79 Å². The minimum absolute atomic E-state index is 0.247. The summed E-state index contributed by atoms with van der Waals surface area (Å²) in [7, 11) is 0. The van der Waals surface area contributed by atoms with Gasteiger partial charge in [0, 0.05) is 6.21 Å². The van der Waals surface area contributed by atoms with Crippen LogP contribution in [0.1, 0.15) is 6.92 Å². The number of hydrogen-bond acceptors (Lipinski definition) is 2. The van der Waals surface area contributed by atoms with Gasteiger partial charge >= 0.3 is 6.18 Å². The highest BCUT2D eigenvalue weighted by atomic mass is 19.4. The second kappa shape index (κ2) is 4.59. The Morgan fingerprint density at radius 2 is 2.00 bits per heavy atom. The molecule has 0 amide bonds. The summed E-state index contributed by atoms with van der Waals surface area (Å²) in [6.07, 6.45) is -2.74. The summed E-state index contributed by atoms with van der Waals surface area (Å²) in [5.74, 6) is 0. The van der Waals surface area contributed by atoms with Gasteiger partial charge in [0.05, 0.1) is 11.3 Å². The van der Waals surface area contributed by atoms with Crippen LogP contribution in [0.3, 0.4) is 0 Å². The molecule has 0 radical (unpaired) electrons. The van der Waals surface area contributed by atoms with E-state index in [0.717, 1.165) is 6.08 Å². The van der Waals surface area contributed by atoms with Gasteiger partial charge in [0.1, 0.15) is 0 Å². The molecule has 0 aromatic rings. The number of rotatable bonds is 3. The van der Waals surface area contributed by atoms with E-state index < -0.39 is 11.7 Å². The van der Waals surface area contributed by atoms with Crippen LogP contribution < -0.4 is 0 Å². The van der Waals surface area contributed by atoms with E-state index in [4.69, 9.17) is 0 Å². The monoisotopic (exact) mass is 191 g/mol. The van der Waals surface area contributed by atoms with Crippen LogP contribution in [0.5, 0.6) is 0 Å². The largest absolute Gasteiger partial charge is 0.417 e. The number of allylic oxidation sites excluding steroid dienone is 3. The number of aldehydes is 1. The fourth-order valence-electron chi connectivity index (χ4n) is 0.494. The van der Waals surface area contributed by atoms with Crippen molar-refractivity contribution in [1.82, 2.24) is 0 Å². The van der Waals surface area contributed by atoms with Gasteiger partial charge in [-0.15, -0.1) is 0 Å². The summed E-state index contributed by atoms with van der Waals surface area (Å²) in [5.41, 5.74) is -1.15. The highest BCUT2D eigenvalue weighted by molar-refractivity contribution is 5.84. The van der Waals surface area contributed by atoms with E-state index >= 15 is 0 Å². The van der Waals surface area contributed by atoms with Crippen molar-refractivity contribution in [3.63, 3.8) is 0 Å². The van der Waals surface area contributed by atoms with Gasteiger partial charge in [0.15, 0.2) is 6.29 Å². The average Bonchev–Trinajstić information content (AvgIpc) is 2.02. The molecule has 0 spiro atoms. The van der Waals surface area contributed by atoms with Gasteiger partial charge in [-0.1, -0.05) is 12.7 Å². The molecule has 0 aromatic carbocycles. The van der Waals surface area contributed by atoms with E-state index in [0.29, 0.717) is 6.21 Å². The number of carbonyl (C=O) groups is 1. The Balaban J connectivity index is 4.59. The predicted octanol–water partition coefficient (Wildman–Crippen LogP) is 2.28. The zero-order chi connectivity index (χ0) is 10.5. The summed E-state index contributed by atoms with van der Waals surface area (Å²) < 4.78 is 36.0. The maximum absolute atomic E-state index is 12.0. The van der Waals surface area contributed by atoms with E-state index in [1.54, 1.807) is 0 Å². The van der Waals surface area contributed by atoms with Crippen LogP contribution in [0.15, 0.2) is 28.9 Å². The van der Waals surface area contributed by atoms with Crippen molar-refractivity contribution >= 4 is 12.5 Å². The minimum Gasteiger partial charge on any atom is -0.296 e. The number of alkyl halides is 3.